The van der Waals surface area contributed by atoms with Crippen LogP contribution in [-0.2, 0) is 6.54 Å². The van der Waals surface area contributed by atoms with Gasteiger partial charge in [0.2, 0.25) is 0 Å². The molecule has 16 heavy (non-hydrogen) atoms. The summed E-state index contributed by atoms with van der Waals surface area (Å²) in [5.74, 6) is 1.21. The third-order valence-corrected chi connectivity index (χ3v) is 1.99. The van der Waals surface area contributed by atoms with E-state index in [1.165, 1.54) is 0 Å². The zero-order valence-electron chi connectivity index (χ0n) is 9.06. The van der Waals surface area contributed by atoms with E-state index in [4.69, 9.17) is 25.4 Å². The largest absolute Gasteiger partial charge is 0.491 e. The van der Waals surface area contributed by atoms with E-state index in [-0.39, 0.29) is 33.0 Å². The Kier molecular flexibility index (Phi) is 5.63. The SMILES string of the molecule is NCc1c(OCCO)cccc1OCCO. The number of nitrogens with two attached hydrogens (primary N) is 1. The Morgan fingerprint density at radius 2 is 1.50 bits per heavy atom. The lowest BCUT2D eigenvalue weighted by Gasteiger charge is -2.14. The maximum Gasteiger partial charge on any atom is 0.127 e. The lowest BCUT2D eigenvalue weighted by atomic mass is 10.2. The van der Waals surface area contributed by atoms with Gasteiger partial charge in [-0.25, -0.2) is 0 Å². The molecule has 0 aromatic heterocycles. The fraction of sp³-hybridized carbons (Fsp3) is 0.455. The molecule has 0 radical (unpaired) electrons. The topological polar surface area (TPSA) is 84.9 Å². The molecule has 0 heterocycles. The Hall–Kier alpha value is -1.30. The molecule has 0 fully saturated rings. The number of rotatable bonds is 7. The van der Waals surface area contributed by atoms with E-state index in [1.54, 1.807) is 18.2 Å². The molecule has 0 saturated heterocycles. The van der Waals surface area contributed by atoms with Gasteiger partial charge >= 0.3 is 0 Å². The maximum absolute atomic E-state index is 8.68. The molecule has 1 rings (SSSR count). The molecule has 0 saturated carbocycles. The summed E-state index contributed by atoms with van der Waals surface area (Å²) < 4.78 is 10.7. The number of hydrogen-bond acceptors (Lipinski definition) is 5. The fourth-order valence-corrected chi connectivity index (χ4v) is 1.33. The van der Waals surface area contributed by atoms with Crippen molar-refractivity contribution < 1.29 is 19.7 Å². The molecule has 0 spiro atoms. The molecule has 1 aromatic rings. The summed E-state index contributed by atoms with van der Waals surface area (Å²) >= 11 is 0. The first-order valence-electron chi connectivity index (χ1n) is 5.12. The molecule has 0 unspecified atom stereocenters. The maximum atomic E-state index is 8.68. The van der Waals surface area contributed by atoms with Gasteiger partial charge in [0, 0.05) is 12.1 Å². The molecule has 0 aliphatic rings. The highest BCUT2D eigenvalue weighted by Gasteiger charge is 2.08. The van der Waals surface area contributed by atoms with Gasteiger partial charge in [0.25, 0.3) is 0 Å². The third-order valence-electron chi connectivity index (χ3n) is 1.99. The summed E-state index contributed by atoms with van der Waals surface area (Å²) in [5.41, 5.74) is 6.35. The molecule has 0 aliphatic heterocycles. The second-order valence-electron chi connectivity index (χ2n) is 3.08. The summed E-state index contributed by atoms with van der Waals surface area (Å²) in [5, 5.41) is 17.4. The van der Waals surface area contributed by atoms with Crippen LogP contribution in [0.1, 0.15) is 5.56 Å². The molecule has 4 N–H and O–H groups in total. The fourth-order valence-electron chi connectivity index (χ4n) is 1.33. The minimum Gasteiger partial charge on any atom is -0.491 e. The standard InChI is InChI=1S/C11H17NO4/c12-8-9-10(15-6-4-13)2-1-3-11(9)16-7-5-14/h1-3,13-14H,4-8,12H2. The minimum atomic E-state index is -0.0499. The van der Waals surface area contributed by atoms with Crippen LogP contribution in [0, 0.1) is 0 Å². The molecule has 5 nitrogen and oxygen atoms in total. The molecule has 0 atom stereocenters. The van der Waals surface area contributed by atoms with Crippen molar-refractivity contribution in [2.24, 2.45) is 5.73 Å². The van der Waals surface area contributed by atoms with Crippen LogP contribution in [0.15, 0.2) is 18.2 Å². The quantitative estimate of drug-likeness (QED) is 0.605. The average molecular weight is 227 g/mol. The van der Waals surface area contributed by atoms with E-state index >= 15 is 0 Å². The van der Waals surface area contributed by atoms with Gasteiger partial charge < -0.3 is 25.4 Å². The van der Waals surface area contributed by atoms with Crippen LogP contribution >= 0.6 is 0 Å². The second kappa shape index (κ2) is 7.05. The normalized spacial score (nSPS) is 10.2. The van der Waals surface area contributed by atoms with Crippen molar-refractivity contribution in [3.05, 3.63) is 23.8 Å². The molecular formula is C11H17NO4. The predicted octanol–water partition coefficient (Wildman–Crippen LogP) is -0.113. The first-order chi connectivity index (χ1) is 7.83. The second-order valence-corrected chi connectivity index (χ2v) is 3.08. The van der Waals surface area contributed by atoms with Gasteiger partial charge in [0.05, 0.1) is 13.2 Å². The van der Waals surface area contributed by atoms with Crippen molar-refractivity contribution in [3.63, 3.8) is 0 Å². The van der Waals surface area contributed by atoms with Crippen molar-refractivity contribution in [1.82, 2.24) is 0 Å². The highest BCUT2D eigenvalue weighted by atomic mass is 16.5. The Morgan fingerprint density at radius 1 is 1.00 bits per heavy atom. The average Bonchev–Trinajstić information content (AvgIpc) is 2.33. The summed E-state index contributed by atoms with van der Waals surface area (Å²) in [7, 11) is 0. The van der Waals surface area contributed by atoms with E-state index in [1.807, 2.05) is 0 Å². The summed E-state index contributed by atoms with van der Waals surface area (Å²) in [6, 6.07) is 5.31. The molecule has 0 aliphatic carbocycles. The van der Waals surface area contributed by atoms with E-state index in [0.29, 0.717) is 11.5 Å². The van der Waals surface area contributed by atoms with Gasteiger partial charge in [-0.1, -0.05) is 6.07 Å². The Bertz CT molecular complexity index is 291. The highest BCUT2D eigenvalue weighted by Crippen LogP contribution is 2.27. The molecular weight excluding hydrogens is 210 g/mol. The van der Waals surface area contributed by atoms with Gasteiger partial charge in [-0.3, -0.25) is 0 Å². The van der Waals surface area contributed by atoms with Crippen LogP contribution in [0.3, 0.4) is 0 Å². The van der Waals surface area contributed by atoms with Crippen molar-refractivity contribution in [2.45, 2.75) is 6.54 Å². The van der Waals surface area contributed by atoms with E-state index in [9.17, 15) is 0 Å². The van der Waals surface area contributed by atoms with Crippen molar-refractivity contribution in [1.29, 1.82) is 0 Å². The first-order valence-corrected chi connectivity index (χ1v) is 5.12. The molecule has 0 amide bonds. The molecule has 0 bridgehead atoms. The third kappa shape index (κ3) is 3.37. The summed E-state index contributed by atoms with van der Waals surface area (Å²) in [6.45, 7) is 0.618. The summed E-state index contributed by atoms with van der Waals surface area (Å²) in [6.07, 6.45) is 0. The Morgan fingerprint density at radius 3 is 1.88 bits per heavy atom. The van der Waals surface area contributed by atoms with Crippen LogP contribution in [0.5, 0.6) is 11.5 Å². The predicted molar refractivity (Wildman–Crippen MR) is 59.5 cm³/mol. The highest BCUT2D eigenvalue weighted by molar-refractivity contribution is 5.44. The monoisotopic (exact) mass is 227 g/mol. The van der Waals surface area contributed by atoms with Crippen LogP contribution in [-0.4, -0.2) is 36.6 Å². The van der Waals surface area contributed by atoms with Gasteiger partial charge in [0.15, 0.2) is 0 Å². The number of aliphatic hydroxyl groups excluding tert-OH is 2. The van der Waals surface area contributed by atoms with Crippen molar-refractivity contribution in [3.8, 4) is 11.5 Å². The van der Waals surface area contributed by atoms with Crippen LogP contribution in [0.2, 0.25) is 0 Å². The van der Waals surface area contributed by atoms with Gasteiger partial charge in [-0.15, -0.1) is 0 Å². The van der Waals surface area contributed by atoms with Gasteiger partial charge in [-0.2, -0.15) is 0 Å². The lowest BCUT2D eigenvalue weighted by molar-refractivity contribution is 0.192. The Balaban J connectivity index is 2.82. The van der Waals surface area contributed by atoms with Gasteiger partial charge in [-0.05, 0) is 12.1 Å². The zero-order chi connectivity index (χ0) is 11.8. The van der Waals surface area contributed by atoms with Crippen molar-refractivity contribution >= 4 is 0 Å². The van der Waals surface area contributed by atoms with Gasteiger partial charge in [0.1, 0.15) is 24.7 Å². The number of ether oxygens (including phenoxy) is 2. The molecule has 90 valence electrons. The van der Waals surface area contributed by atoms with Crippen LogP contribution < -0.4 is 15.2 Å². The first kappa shape index (κ1) is 12.8. The molecule has 5 heteroatoms. The van der Waals surface area contributed by atoms with E-state index < -0.39 is 0 Å². The number of aliphatic hydroxyl groups is 2. The number of hydrogen-bond donors (Lipinski definition) is 3. The minimum absolute atomic E-state index is 0.0499. The van der Waals surface area contributed by atoms with Crippen molar-refractivity contribution in [2.75, 3.05) is 26.4 Å². The van der Waals surface area contributed by atoms with E-state index in [2.05, 4.69) is 0 Å². The van der Waals surface area contributed by atoms with Crippen LogP contribution in [0.25, 0.3) is 0 Å². The van der Waals surface area contributed by atoms with E-state index in [0.717, 1.165) is 5.56 Å². The van der Waals surface area contributed by atoms with Crippen LogP contribution in [0.4, 0.5) is 0 Å². The Labute approximate surface area is 94.4 Å². The zero-order valence-corrected chi connectivity index (χ0v) is 9.06. The smallest absolute Gasteiger partial charge is 0.127 e. The number of benzene rings is 1. The lowest BCUT2D eigenvalue weighted by Crippen LogP contribution is -2.10. The summed E-state index contributed by atoms with van der Waals surface area (Å²) in [4.78, 5) is 0. The molecule has 1 aromatic carbocycles.